The molecule has 0 radical (unpaired) electrons. The Morgan fingerprint density at radius 3 is 2.25 bits per heavy atom. The predicted molar refractivity (Wildman–Crippen MR) is 141 cm³/mol. The van der Waals surface area contributed by atoms with Crippen LogP contribution in [-0.2, 0) is 32.0 Å². The van der Waals surface area contributed by atoms with Gasteiger partial charge in [-0.25, -0.2) is 9.78 Å². The van der Waals surface area contributed by atoms with Gasteiger partial charge in [-0.1, -0.05) is 30.3 Å². The Morgan fingerprint density at radius 2 is 1.67 bits per heavy atom. The number of amides is 3. The van der Waals surface area contributed by atoms with Crippen molar-refractivity contribution in [2.75, 3.05) is 17.8 Å². The molecular formula is C23H32N6O5S2. The summed E-state index contributed by atoms with van der Waals surface area (Å²) in [5.41, 5.74) is 7.46. The maximum Gasteiger partial charge on any atom is 0.327 e. The predicted octanol–water partition coefficient (Wildman–Crippen LogP) is -0.256. The lowest BCUT2D eigenvalue weighted by Gasteiger charge is -2.25. The molecule has 36 heavy (non-hydrogen) atoms. The number of benzene rings is 1. The summed E-state index contributed by atoms with van der Waals surface area (Å²) in [4.78, 5) is 57.0. The molecule has 0 bridgehead atoms. The molecular weight excluding hydrogens is 504 g/mol. The number of nitrogens with one attached hydrogen (secondary N) is 4. The van der Waals surface area contributed by atoms with Gasteiger partial charge in [0.2, 0.25) is 17.7 Å². The van der Waals surface area contributed by atoms with E-state index in [4.69, 9.17) is 5.73 Å². The van der Waals surface area contributed by atoms with Crippen LogP contribution < -0.4 is 21.7 Å². The summed E-state index contributed by atoms with van der Waals surface area (Å²) < 4.78 is 0. The Labute approximate surface area is 219 Å². The molecule has 196 valence electrons. The van der Waals surface area contributed by atoms with E-state index in [0.717, 1.165) is 5.56 Å². The SMILES string of the molecule is CSCCC(NC(=O)C(N)Cc1cnc[nH]1)C(=O)NC(Cc1ccccc1)C(=O)NC(CS)C(=O)O. The first-order valence-corrected chi connectivity index (χ1v) is 13.3. The monoisotopic (exact) mass is 536 g/mol. The molecule has 11 nitrogen and oxygen atoms in total. The van der Waals surface area contributed by atoms with E-state index in [1.807, 2.05) is 12.3 Å². The molecule has 0 saturated heterocycles. The fourth-order valence-electron chi connectivity index (χ4n) is 3.30. The molecule has 0 saturated carbocycles. The number of carbonyl (C=O) groups is 4. The second kappa shape index (κ2) is 15.2. The number of thiol groups is 1. The number of nitrogens with two attached hydrogens (primary N) is 1. The molecule has 0 aliphatic heterocycles. The largest absolute Gasteiger partial charge is 0.480 e. The Balaban J connectivity index is 2.15. The first-order chi connectivity index (χ1) is 17.2. The molecule has 2 aromatic rings. The number of rotatable bonds is 15. The lowest BCUT2D eigenvalue weighted by atomic mass is 10.0. The summed E-state index contributed by atoms with van der Waals surface area (Å²) >= 11 is 5.48. The van der Waals surface area contributed by atoms with Crippen molar-refractivity contribution in [1.82, 2.24) is 25.9 Å². The van der Waals surface area contributed by atoms with Gasteiger partial charge in [-0.15, -0.1) is 0 Å². The number of thioether (sulfide) groups is 1. The normalized spacial score (nSPS) is 14.2. The summed E-state index contributed by atoms with van der Waals surface area (Å²) in [6.45, 7) is 0. The van der Waals surface area contributed by atoms with Gasteiger partial charge < -0.3 is 31.8 Å². The van der Waals surface area contributed by atoms with Gasteiger partial charge in [-0.05, 0) is 24.0 Å². The Kier molecular flexibility index (Phi) is 12.3. The van der Waals surface area contributed by atoms with Crippen LogP contribution in [0.3, 0.4) is 0 Å². The second-order valence-electron chi connectivity index (χ2n) is 8.06. The molecule has 3 amide bonds. The highest BCUT2D eigenvalue weighted by Crippen LogP contribution is 2.07. The zero-order chi connectivity index (χ0) is 26.5. The smallest absolute Gasteiger partial charge is 0.327 e. The first kappa shape index (κ1) is 29.2. The molecule has 0 aliphatic rings. The van der Waals surface area contributed by atoms with Crippen LogP contribution in [-0.4, -0.2) is 80.7 Å². The van der Waals surface area contributed by atoms with E-state index < -0.39 is 47.9 Å². The number of aromatic amines is 1. The van der Waals surface area contributed by atoms with E-state index in [9.17, 15) is 24.3 Å². The molecule has 13 heteroatoms. The summed E-state index contributed by atoms with van der Waals surface area (Å²) in [5, 5.41) is 17.1. The number of imidazole rings is 1. The molecule has 4 unspecified atom stereocenters. The highest BCUT2D eigenvalue weighted by molar-refractivity contribution is 7.98. The number of carboxylic acids is 1. The van der Waals surface area contributed by atoms with Crippen LogP contribution in [0, 0.1) is 0 Å². The zero-order valence-electron chi connectivity index (χ0n) is 19.8. The number of aliphatic carboxylic acids is 1. The summed E-state index contributed by atoms with van der Waals surface area (Å²) in [5.74, 6) is -2.53. The second-order valence-corrected chi connectivity index (χ2v) is 9.41. The highest BCUT2D eigenvalue weighted by atomic mass is 32.2. The average molecular weight is 537 g/mol. The van der Waals surface area contributed by atoms with Crippen LogP contribution in [0.2, 0.25) is 0 Å². The molecule has 7 N–H and O–H groups in total. The van der Waals surface area contributed by atoms with E-state index in [0.29, 0.717) is 17.9 Å². The Bertz CT molecular complexity index is 992. The number of aromatic nitrogens is 2. The van der Waals surface area contributed by atoms with Crippen LogP contribution in [0.15, 0.2) is 42.9 Å². The average Bonchev–Trinajstić information content (AvgIpc) is 3.37. The molecule has 2 rings (SSSR count). The molecule has 1 aromatic carbocycles. The van der Waals surface area contributed by atoms with E-state index >= 15 is 0 Å². The van der Waals surface area contributed by atoms with Gasteiger partial charge >= 0.3 is 5.97 Å². The molecule has 0 fully saturated rings. The fraction of sp³-hybridized carbons (Fsp3) is 0.435. The third kappa shape index (κ3) is 9.55. The summed E-state index contributed by atoms with van der Waals surface area (Å²) in [7, 11) is 0. The number of H-pyrrole nitrogens is 1. The first-order valence-electron chi connectivity index (χ1n) is 11.3. The number of nitrogens with zero attached hydrogens (tertiary/aromatic N) is 1. The van der Waals surface area contributed by atoms with Crippen molar-refractivity contribution in [3.05, 3.63) is 54.1 Å². The van der Waals surface area contributed by atoms with Gasteiger partial charge in [0.15, 0.2) is 0 Å². The molecule has 0 spiro atoms. The minimum atomic E-state index is -1.24. The van der Waals surface area contributed by atoms with Crippen molar-refractivity contribution >= 4 is 48.1 Å². The number of hydrogen-bond donors (Lipinski definition) is 7. The van der Waals surface area contributed by atoms with Crippen molar-refractivity contribution in [1.29, 1.82) is 0 Å². The molecule has 1 aromatic heterocycles. The lowest BCUT2D eigenvalue weighted by molar-refractivity contribution is -0.141. The quantitative estimate of drug-likeness (QED) is 0.152. The summed E-state index contributed by atoms with van der Waals surface area (Å²) in [6.07, 6.45) is 5.56. The molecule has 4 atom stereocenters. The number of carboxylic acid groups (broad SMARTS) is 1. The van der Waals surface area contributed by atoms with E-state index in [-0.39, 0.29) is 18.6 Å². The van der Waals surface area contributed by atoms with Crippen molar-refractivity contribution in [3.63, 3.8) is 0 Å². The van der Waals surface area contributed by atoms with Gasteiger partial charge in [-0.3, -0.25) is 14.4 Å². The zero-order valence-corrected chi connectivity index (χ0v) is 21.6. The third-order valence-corrected chi connectivity index (χ3v) is 6.30. The van der Waals surface area contributed by atoms with E-state index in [1.54, 1.807) is 30.5 Å². The fourth-order valence-corrected chi connectivity index (χ4v) is 4.02. The van der Waals surface area contributed by atoms with Crippen LogP contribution in [0.4, 0.5) is 0 Å². The van der Waals surface area contributed by atoms with Crippen molar-refractivity contribution in [2.45, 2.75) is 43.4 Å². The summed E-state index contributed by atoms with van der Waals surface area (Å²) in [6, 6.07) is 4.85. The van der Waals surface area contributed by atoms with Crippen molar-refractivity contribution in [2.24, 2.45) is 5.73 Å². The third-order valence-electron chi connectivity index (χ3n) is 5.29. The van der Waals surface area contributed by atoms with Crippen molar-refractivity contribution in [3.8, 4) is 0 Å². The highest BCUT2D eigenvalue weighted by Gasteiger charge is 2.30. The van der Waals surface area contributed by atoms with Crippen LogP contribution in [0.25, 0.3) is 0 Å². The minimum absolute atomic E-state index is 0.117. The van der Waals surface area contributed by atoms with Crippen LogP contribution >= 0.6 is 24.4 Å². The van der Waals surface area contributed by atoms with Gasteiger partial charge in [0.25, 0.3) is 0 Å². The van der Waals surface area contributed by atoms with Crippen LogP contribution in [0.1, 0.15) is 17.7 Å². The van der Waals surface area contributed by atoms with Crippen molar-refractivity contribution < 1.29 is 24.3 Å². The van der Waals surface area contributed by atoms with Crippen LogP contribution in [0.5, 0.6) is 0 Å². The molecule has 1 heterocycles. The lowest BCUT2D eigenvalue weighted by Crippen LogP contribution is -2.58. The standard InChI is InChI=1S/C23H32N6O5S2/c1-36-8-7-17(27-20(30)16(24)10-15-11-25-13-26-15)21(31)28-18(9-14-5-3-2-4-6-14)22(32)29-19(12-35)23(33)34/h2-6,11,13,16-19,35H,7-10,12,24H2,1H3,(H,25,26)(H,27,30)(H,28,31)(H,29,32)(H,33,34). The number of hydrogen-bond acceptors (Lipinski definition) is 8. The Hall–Kier alpha value is -3.03. The van der Waals surface area contributed by atoms with E-state index in [1.165, 1.54) is 18.1 Å². The van der Waals surface area contributed by atoms with Gasteiger partial charge in [0, 0.05) is 30.5 Å². The van der Waals surface area contributed by atoms with E-state index in [2.05, 4.69) is 38.5 Å². The topological polar surface area (TPSA) is 179 Å². The van der Waals surface area contributed by atoms with Gasteiger partial charge in [-0.2, -0.15) is 24.4 Å². The Morgan fingerprint density at radius 1 is 1.03 bits per heavy atom. The number of carbonyl (C=O) groups excluding carboxylic acids is 3. The maximum atomic E-state index is 13.2. The molecule has 0 aliphatic carbocycles. The van der Waals surface area contributed by atoms with Gasteiger partial charge in [0.05, 0.1) is 12.4 Å². The maximum absolute atomic E-state index is 13.2. The minimum Gasteiger partial charge on any atom is -0.480 e. The van der Waals surface area contributed by atoms with Gasteiger partial charge in [0.1, 0.15) is 18.1 Å².